The zero-order chi connectivity index (χ0) is 19.4. The highest BCUT2D eigenvalue weighted by Gasteiger charge is 2.20. The average Bonchev–Trinajstić information content (AvgIpc) is 2.66. The number of amides is 2. The molecule has 1 aliphatic rings. The number of hydrogen-bond acceptors (Lipinski definition) is 3. The maximum Gasteiger partial charge on any atom is 0.255 e. The van der Waals surface area contributed by atoms with E-state index in [1.165, 1.54) is 0 Å². The predicted molar refractivity (Wildman–Crippen MR) is 104 cm³/mol. The van der Waals surface area contributed by atoms with Gasteiger partial charge in [-0.15, -0.1) is 0 Å². The summed E-state index contributed by atoms with van der Waals surface area (Å²) in [4.78, 5) is 29.1. The van der Waals surface area contributed by atoms with E-state index in [2.05, 4.69) is 10.3 Å². The van der Waals surface area contributed by atoms with Crippen molar-refractivity contribution in [2.24, 2.45) is 10.9 Å². The molecule has 0 saturated carbocycles. The van der Waals surface area contributed by atoms with Crippen molar-refractivity contribution >= 4 is 17.9 Å². The number of benzene rings is 2. The molecule has 0 aromatic heterocycles. The fraction of sp³-hybridized carbons (Fsp3) is 0.318. The molecule has 0 radical (unpaired) electrons. The molecule has 1 heterocycles. The van der Waals surface area contributed by atoms with E-state index in [9.17, 15) is 9.59 Å². The van der Waals surface area contributed by atoms with Crippen LogP contribution in [-0.4, -0.2) is 25.0 Å². The smallest absolute Gasteiger partial charge is 0.255 e. The summed E-state index contributed by atoms with van der Waals surface area (Å²) in [5.74, 6) is -0.111. The molecule has 140 valence electrons. The number of aryl methyl sites for hydroxylation is 2. The average molecular weight is 364 g/mol. The lowest BCUT2D eigenvalue weighted by Crippen LogP contribution is -2.38. The molecule has 0 saturated heterocycles. The molecule has 1 N–H and O–H groups in total. The Bertz CT molecular complexity index is 995. The summed E-state index contributed by atoms with van der Waals surface area (Å²) in [5.41, 5.74) is 2.60. The highest BCUT2D eigenvalue weighted by molar-refractivity contribution is 5.97. The van der Waals surface area contributed by atoms with Crippen molar-refractivity contribution in [1.82, 2.24) is 5.32 Å². The van der Waals surface area contributed by atoms with Gasteiger partial charge in [-0.3, -0.25) is 9.59 Å². The van der Waals surface area contributed by atoms with E-state index in [-0.39, 0.29) is 17.7 Å². The van der Waals surface area contributed by atoms with Gasteiger partial charge in [0, 0.05) is 11.8 Å². The molecule has 2 aromatic carbocycles. The van der Waals surface area contributed by atoms with E-state index >= 15 is 0 Å². The molecule has 3 rings (SSSR count). The molecule has 0 fully saturated rings. The molecular formula is C22H24N2O3. The fourth-order valence-corrected chi connectivity index (χ4v) is 3.22. The second kappa shape index (κ2) is 8.16. The summed E-state index contributed by atoms with van der Waals surface area (Å²) >= 11 is 0. The molecule has 1 atom stereocenters. The van der Waals surface area contributed by atoms with Gasteiger partial charge in [0.15, 0.2) is 0 Å². The van der Waals surface area contributed by atoms with Crippen molar-refractivity contribution in [3.8, 4) is 5.75 Å². The number of para-hydroxylation sites is 1. The van der Waals surface area contributed by atoms with E-state index < -0.39 is 0 Å². The Morgan fingerprint density at radius 3 is 2.67 bits per heavy atom. The minimum absolute atomic E-state index is 0.153. The molecule has 1 unspecified atom stereocenters. The van der Waals surface area contributed by atoms with Crippen LogP contribution in [0.1, 0.15) is 34.8 Å². The number of nitrogens with one attached hydrogen (secondary N) is 1. The Hall–Kier alpha value is -2.95. The quantitative estimate of drug-likeness (QED) is 0.853. The van der Waals surface area contributed by atoms with E-state index in [0.29, 0.717) is 30.9 Å². The molecule has 2 aromatic rings. The third-order valence-corrected chi connectivity index (χ3v) is 4.72. The van der Waals surface area contributed by atoms with Gasteiger partial charge in [0.1, 0.15) is 5.75 Å². The van der Waals surface area contributed by atoms with Crippen LogP contribution in [-0.2, 0) is 4.79 Å². The molecule has 0 aliphatic carbocycles. The summed E-state index contributed by atoms with van der Waals surface area (Å²) in [6.07, 6.45) is 2.49. The summed E-state index contributed by atoms with van der Waals surface area (Å²) in [6.45, 7) is 6.74. The van der Waals surface area contributed by atoms with Crippen LogP contribution < -0.4 is 20.6 Å². The lowest BCUT2D eigenvalue weighted by Gasteiger charge is -2.15. The highest BCUT2D eigenvalue weighted by Crippen LogP contribution is 2.18. The molecule has 5 heteroatoms. The first-order chi connectivity index (χ1) is 13.0. The second-order valence-electron chi connectivity index (χ2n) is 6.66. The maximum absolute atomic E-state index is 12.5. The number of hydrogen-bond donors (Lipinski definition) is 1. The first-order valence-corrected chi connectivity index (χ1v) is 9.22. The van der Waals surface area contributed by atoms with Crippen LogP contribution in [0.3, 0.4) is 0 Å². The van der Waals surface area contributed by atoms with Crippen molar-refractivity contribution in [1.29, 1.82) is 0 Å². The zero-order valence-corrected chi connectivity index (χ0v) is 15.9. The minimum atomic E-state index is -0.319. The monoisotopic (exact) mass is 364 g/mol. The van der Waals surface area contributed by atoms with Gasteiger partial charge >= 0.3 is 0 Å². The fourth-order valence-electron chi connectivity index (χ4n) is 3.22. The van der Waals surface area contributed by atoms with E-state index in [0.717, 1.165) is 21.7 Å². The number of nitrogens with zero attached hydrogens (tertiary/aromatic N) is 1. The van der Waals surface area contributed by atoms with Crippen molar-refractivity contribution < 1.29 is 14.3 Å². The van der Waals surface area contributed by atoms with Gasteiger partial charge in [-0.25, -0.2) is 4.99 Å². The van der Waals surface area contributed by atoms with E-state index in [4.69, 9.17) is 4.74 Å². The topological polar surface area (TPSA) is 67.8 Å². The standard InChI is InChI=1S/C22H24N2O3/c1-4-27-19-8-6-5-7-17(19)22(26)23-12-11-16-13-18-14(2)9-10-15(3)20(18)24-21(16)25/h5-10,13,16H,4,11-12H2,1-3H3,(H,23,26). The third kappa shape index (κ3) is 4.08. The van der Waals surface area contributed by atoms with Gasteiger partial charge in [0.05, 0.1) is 23.4 Å². The highest BCUT2D eigenvalue weighted by atomic mass is 16.5. The van der Waals surface area contributed by atoms with Crippen molar-refractivity contribution in [3.05, 3.63) is 63.7 Å². The second-order valence-corrected chi connectivity index (χ2v) is 6.66. The molecule has 5 nitrogen and oxygen atoms in total. The van der Waals surface area contributed by atoms with Crippen LogP contribution in [0.15, 0.2) is 41.4 Å². The van der Waals surface area contributed by atoms with E-state index in [1.807, 2.05) is 45.0 Å². The normalized spacial score (nSPS) is 15.4. The van der Waals surface area contributed by atoms with Gasteiger partial charge in [-0.05, 0) is 50.5 Å². The molecule has 0 spiro atoms. The lowest BCUT2D eigenvalue weighted by atomic mass is 9.97. The predicted octanol–water partition coefficient (Wildman–Crippen LogP) is 2.08. The maximum atomic E-state index is 12.5. The van der Waals surface area contributed by atoms with Crippen LogP contribution >= 0.6 is 0 Å². The first kappa shape index (κ1) is 18.8. The summed E-state index contributed by atoms with van der Waals surface area (Å²) in [6, 6.07) is 11.2. The van der Waals surface area contributed by atoms with Crippen molar-refractivity contribution in [2.45, 2.75) is 27.2 Å². The van der Waals surface area contributed by atoms with Crippen molar-refractivity contribution in [3.63, 3.8) is 0 Å². The Morgan fingerprint density at radius 1 is 1.15 bits per heavy atom. The number of ether oxygens (including phenoxy) is 1. The largest absolute Gasteiger partial charge is 0.493 e. The molecule has 0 bridgehead atoms. The zero-order valence-electron chi connectivity index (χ0n) is 15.9. The Morgan fingerprint density at radius 2 is 1.89 bits per heavy atom. The summed E-state index contributed by atoms with van der Waals surface area (Å²) in [7, 11) is 0. The number of carbonyl (C=O) groups is 2. The van der Waals surface area contributed by atoms with Gasteiger partial charge < -0.3 is 10.1 Å². The minimum Gasteiger partial charge on any atom is -0.493 e. The summed E-state index contributed by atoms with van der Waals surface area (Å²) < 4.78 is 5.50. The molecular weight excluding hydrogens is 340 g/mol. The van der Waals surface area contributed by atoms with Crippen LogP contribution in [0, 0.1) is 19.8 Å². The number of fused-ring (bicyclic) bond motifs is 1. The molecule has 1 aliphatic heterocycles. The van der Waals surface area contributed by atoms with Crippen LogP contribution in [0.2, 0.25) is 0 Å². The third-order valence-electron chi connectivity index (χ3n) is 4.72. The van der Waals surface area contributed by atoms with Gasteiger partial charge in [0.25, 0.3) is 11.8 Å². The number of carbonyl (C=O) groups excluding carboxylic acids is 2. The Kier molecular flexibility index (Phi) is 5.69. The van der Waals surface area contributed by atoms with Crippen LogP contribution in [0.25, 0.3) is 6.08 Å². The van der Waals surface area contributed by atoms with Crippen LogP contribution in [0.5, 0.6) is 5.75 Å². The SMILES string of the molecule is CCOc1ccccc1C(=O)NCCC1C=c2c(C)ccc(C)c2=NC1=O. The van der Waals surface area contributed by atoms with Crippen LogP contribution in [0.4, 0.5) is 0 Å². The molecule has 2 amide bonds. The Balaban J connectivity index is 1.69. The number of rotatable bonds is 6. The molecule has 27 heavy (non-hydrogen) atoms. The Labute approximate surface area is 158 Å². The van der Waals surface area contributed by atoms with E-state index in [1.54, 1.807) is 18.2 Å². The lowest BCUT2D eigenvalue weighted by molar-refractivity contribution is -0.120. The summed E-state index contributed by atoms with van der Waals surface area (Å²) in [5, 5.41) is 4.67. The van der Waals surface area contributed by atoms with Gasteiger partial charge in [-0.1, -0.05) is 30.3 Å². The van der Waals surface area contributed by atoms with Gasteiger partial charge in [0.2, 0.25) is 0 Å². The van der Waals surface area contributed by atoms with Gasteiger partial charge in [-0.2, -0.15) is 0 Å². The first-order valence-electron chi connectivity index (χ1n) is 9.22. The van der Waals surface area contributed by atoms with Crippen molar-refractivity contribution in [2.75, 3.05) is 13.2 Å².